The Labute approximate surface area is 238 Å². The number of carbonyl (C=O) groups excluding carboxylic acids is 1. The summed E-state index contributed by atoms with van der Waals surface area (Å²) in [5, 5.41) is 3.96. The van der Waals surface area contributed by atoms with Gasteiger partial charge in [0.15, 0.2) is 5.69 Å². The van der Waals surface area contributed by atoms with Gasteiger partial charge in [-0.25, -0.2) is 18.2 Å². The van der Waals surface area contributed by atoms with Gasteiger partial charge in [0.2, 0.25) is 0 Å². The van der Waals surface area contributed by atoms with Crippen LogP contribution >= 0.6 is 0 Å². The fraction of sp³-hybridized carbons (Fsp3) is 0.0938. The zero-order chi connectivity index (χ0) is 28.8. The highest BCUT2D eigenvalue weighted by Crippen LogP contribution is 2.28. The minimum absolute atomic E-state index is 0.120. The lowest BCUT2D eigenvalue weighted by atomic mass is 10.1. The number of esters is 1. The van der Waals surface area contributed by atoms with Crippen LogP contribution in [0, 0.1) is 18.8 Å². The number of rotatable bonds is 7. The van der Waals surface area contributed by atoms with E-state index in [2.05, 4.69) is 31.8 Å². The molecular weight excluding hydrogens is 536 g/mol. The molecule has 0 radical (unpaired) electrons. The van der Waals surface area contributed by atoms with Gasteiger partial charge in [-0.1, -0.05) is 72.5 Å². The number of nitrogens with zero attached hydrogens (tertiary/aromatic N) is 2. The molecule has 0 aliphatic rings. The molecule has 2 aromatic heterocycles. The van der Waals surface area contributed by atoms with Crippen molar-refractivity contribution in [3.8, 4) is 11.8 Å². The normalized spacial score (nSPS) is 10.9. The van der Waals surface area contributed by atoms with E-state index in [1.807, 2.05) is 42.5 Å². The summed E-state index contributed by atoms with van der Waals surface area (Å²) >= 11 is 0. The number of aryl methyl sites for hydroxylation is 1. The van der Waals surface area contributed by atoms with E-state index in [1.165, 1.54) is 13.3 Å². The van der Waals surface area contributed by atoms with Gasteiger partial charge in [0.05, 0.1) is 24.0 Å². The fourth-order valence-corrected chi connectivity index (χ4v) is 5.78. The van der Waals surface area contributed by atoms with Crippen LogP contribution in [0.1, 0.15) is 32.7 Å². The van der Waals surface area contributed by atoms with Crippen LogP contribution in [0.25, 0.3) is 10.9 Å². The molecule has 0 bridgehead atoms. The summed E-state index contributed by atoms with van der Waals surface area (Å²) in [4.78, 5) is 21.0. The Balaban J connectivity index is 1.46. The predicted molar refractivity (Wildman–Crippen MR) is 159 cm³/mol. The smallest absolute Gasteiger partial charge is 0.358 e. The van der Waals surface area contributed by atoms with Crippen molar-refractivity contribution in [3.05, 3.63) is 125 Å². The van der Waals surface area contributed by atoms with E-state index in [4.69, 9.17) is 4.74 Å². The van der Waals surface area contributed by atoms with Crippen LogP contribution in [0.2, 0.25) is 0 Å². The lowest BCUT2D eigenvalue weighted by molar-refractivity contribution is 0.0595. The van der Waals surface area contributed by atoms with Crippen LogP contribution in [0.15, 0.2) is 102 Å². The van der Waals surface area contributed by atoms with Crippen LogP contribution in [-0.2, 0) is 21.3 Å². The third-order valence-corrected chi connectivity index (χ3v) is 7.84. The summed E-state index contributed by atoms with van der Waals surface area (Å²) in [6.07, 6.45) is 3.05. The van der Waals surface area contributed by atoms with Crippen LogP contribution in [0.5, 0.6) is 0 Å². The SMILES string of the molecule is COC(=O)c1ncc(C#Cc2ccccc2NS(=O)(=O)c2c(C)ccc3cccnc23)cc1NCc1ccccc1. The van der Waals surface area contributed by atoms with Crippen LogP contribution in [0.4, 0.5) is 11.4 Å². The third kappa shape index (κ3) is 6.19. The van der Waals surface area contributed by atoms with Crippen molar-refractivity contribution in [2.45, 2.75) is 18.4 Å². The number of pyridine rings is 2. The molecule has 0 amide bonds. The second-order valence-corrected chi connectivity index (χ2v) is 10.8. The maximum absolute atomic E-state index is 13.6. The highest BCUT2D eigenvalue weighted by molar-refractivity contribution is 7.93. The lowest BCUT2D eigenvalue weighted by Crippen LogP contribution is -2.16. The molecule has 5 aromatic rings. The summed E-state index contributed by atoms with van der Waals surface area (Å²) < 4.78 is 34.7. The van der Waals surface area contributed by atoms with Crippen molar-refractivity contribution in [2.24, 2.45) is 0 Å². The second kappa shape index (κ2) is 11.9. The minimum Gasteiger partial charge on any atom is -0.464 e. The largest absolute Gasteiger partial charge is 0.464 e. The van der Waals surface area contributed by atoms with Crippen molar-refractivity contribution in [1.82, 2.24) is 9.97 Å². The van der Waals surface area contributed by atoms with E-state index in [0.29, 0.717) is 40.1 Å². The summed E-state index contributed by atoms with van der Waals surface area (Å²) in [6.45, 7) is 2.21. The highest BCUT2D eigenvalue weighted by Gasteiger charge is 2.22. The number of sulfonamides is 1. The number of hydrogen-bond donors (Lipinski definition) is 2. The Morgan fingerprint density at radius 3 is 2.49 bits per heavy atom. The molecule has 0 fully saturated rings. The van der Waals surface area contributed by atoms with Gasteiger partial charge in [-0.05, 0) is 42.3 Å². The Bertz CT molecular complexity index is 1910. The van der Waals surface area contributed by atoms with Crippen LogP contribution < -0.4 is 10.0 Å². The van der Waals surface area contributed by atoms with Crippen molar-refractivity contribution in [1.29, 1.82) is 0 Å². The molecule has 9 heteroatoms. The summed E-state index contributed by atoms with van der Waals surface area (Å²) in [6, 6.07) is 25.5. The number of methoxy groups -OCH3 is 1. The van der Waals surface area contributed by atoms with Crippen molar-refractivity contribution in [3.63, 3.8) is 0 Å². The van der Waals surface area contributed by atoms with E-state index in [1.54, 1.807) is 55.6 Å². The quantitative estimate of drug-likeness (QED) is 0.198. The van der Waals surface area contributed by atoms with Gasteiger partial charge in [-0.2, -0.15) is 0 Å². The van der Waals surface area contributed by atoms with Gasteiger partial charge < -0.3 is 10.1 Å². The first kappa shape index (κ1) is 27.4. The van der Waals surface area contributed by atoms with E-state index in [-0.39, 0.29) is 10.6 Å². The monoisotopic (exact) mass is 562 g/mol. The zero-order valence-corrected chi connectivity index (χ0v) is 23.2. The van der Waals surface area contributed by atoms with Crippen LogP contribution in [0.3, 0.4) is 0 Å². The number of fused-ring (bicyclic) bond motifs is 1. The lowest BCUT2D eigenvalue weighted by Gasteiger charge is -2.13. The average molecular weight is 563 g/mol. The molecule has 3 aromatic carbocycles. The van der Waals surface area contributed by atoms with Crippen LogP contribution in [-0.4, -0.2) is 31.5 Å². The Morgan fingerprint density at radius 1 is 0.902 bits per heavy atom. The van der Waals surface area contributed by atoms with Crippen molar-refractivity contribution < 1.29 is 17.9 Å². The molecule has 2 N–H and O–H groups in total. The number of hydrogen-bond acceptors (Lipinski definition) is 7. The summed E-state index contributed by atoms with van der Waals surface area (Å²) in [5.74, 6) is 5.51. The molecule has 5 rings (SSSR count). The number of anilines is 2. The first-order valence-electron chi connectivity index (χ1n) is 12.7. The third-order valence-electron chi connectivity index (χ3n) is 6.30. The highest BCUT2D eigenvalue weighted by atomic mass is 32.2. The molecule has 0 saturated carbocycles. The molecule has 0 spiro atoms. The molecule has 0 aliphatic carbocycles. The summed E-state index contributed by atoms with van der Waals surface area (Å²) in [5.41, 5.74) is 3.95. The number of benzene rings is 3. The van der Waals surface area contributed by atoms with E-state index in [9.17, 15) is 13.2 Å². The standard InChI is InChI=1S/C32H26N4O4S/c1-22-14-16-26-12-8-18-33-29(26)31(22)41(38,39)36-27-13-7-6-11-25(27)17-15-24-19-28(30(35-21-24)32(37)40-2)34-20-23-9-4-3-5-10-23/h3-14,16,18-19,21,34,36H,20H2,1-2H3. The molecule has 8 nitrogen and oxygen atoms in total. The van der Waals surface area contributed by atoms with Gasteiger partial charge >= 0.3 is 5.97 Å². The predicted octanol–water partition coefficient (Wildman–Crippen LogP) is 5.54. The molecular formula is C32H26N4O4S. The molecule has 41 heavy (non-hydrogen) atoms. The molecule has 0 unspecified atom stereocenters. The van der Waals surface area contributed by atoms with E-state index < -0.39 is 16.0 Å². The second-order valence-electron chi connectivity index (χ2n) is 9.14. The average Bonchev–Trinajstić information content (AvgIpc) is 2.99. The Hall–Kier alpha value is -5.20. The zero-order valence-electron chi connectivity index (χ0n) is 22.4. The summed E-state index contributed by atoms with van der Waals surface area (Å²) in [7, 11) is -2.69. The maximum Gasteiger partial charge on any atom is 0.358 e. The molecule has 0 aliphatic heterocycles. The van der Waals surface area contributed by atoms with Gasteiger partial charge in [0, 0.05) is 35.5 Å². The van der Waals surface area contributed by atoms with Gasteiger partial charge in [-0.3, -0.25) is 9.71 Å². The van der Waals surface area contributed by atoms with Gasteiger partial charge in [0.25, 0.3) is 10.0 Å². The number of nitrogens with one attached hydrogen (secondary N) is 2. The molecule has 204 valence electrons. The first-order valence-corrected chi connectivity index (χ1v) is 14.2. The molecule has 0 atom stereocenters. The topological polar surface area (TPSA) is 110 Å². The fourth-order valence-electron chi connectivity index (χ4n) is 4.30. The van der Waals surface area contributed by atoms with Crippen molar-refractivity contribution in [2.75, 3.05) is 17.1 Å². The number of ether oxygens (including phenoxy) is 1. The number of carbonyl (C=O) groups is 1. The molecule has 2 heterocycles. The molecule has 0 saturated heterocycles. The van der Waals surface area contributed by atoms with E-state index in [0.717, 1.165) is 10.9 Å². The minimum atomic E-state index is -3.99. The first-order chi connectivity index (χ1) is 19.9. The number of para-hydroxylation sites is 1. The Kier molecular flexibility index (Phi) is 7.94. The number of aromatic nitrogens is 2. The maximum atomic E-state index is 13.6. The van der Waals surface area contributed by atoms with Crippen molar-refractivity contribution >= 4 is 38.3 Å². The Morgan fingerprint density at radius 2 is 1.68 bits per heavy atom. The van der Waals surface area contributed by atoms with Gasteiger partial charge in [-0.15, -0.1) is 0 Å². The van der Waals surface area contributed by atoms with Gasteiger partial charge in [0.1, 0.15) is 4.90 Å². The van der Waals surface area contributed by atoms with E-state index >= 15 is 0 Å².